The highest BCUT2D eigenvalue weighted by atomic mass is 16.5. The van der Waals surface area contributed by atoms with Crippen LogP contribution in [0.3, 0.4) is 0 Å². The molecule has 5 heteroatoms. The summed E-state index contributed by atoms with van der Waals surface area (Å²) in [7, 11) is 0. The molecular formula is C9H16N4O. The van der Waals surface area contributed by atoms with Crippen molar-refractivity contribution in [3.63, 3.8) is 0 Å². The van der Waals surface area contributed by atoms with Gasteiger partial charge in [0.25, 0.3) is 0 Å². The molecule has 0 amide bonds. The molecule has 1 aromatic rings. The van der Waals surface area contributed by atoms with E-state index in [9.17, 15) is 0 Å². The topological polar surface area (TPSA) is 68.2 Å². The molecule has 2 N–H and O–H groups in total. The van der Waals surface area contributed by atoms with Gasteiger partial charge in [0.1, 0.15) is 0 Å². The average molecular weight is 196 g/mol. The van der Waals surface area contributed by atoms with Crippen LogP contribution in [0.5, 0.6) is 0 Å². The molecule has 2 atom stereocenters. The highest BCUT2D eigenvalue weighted by Gasteiger charge is 2.23. The van der Waals surface area contributed by atoms with Crippen LogP contribution in [0.2, 0.25) is 0 Å². The van der Waals surface area contributed by atoms with E-state index in [4.69, 9.17) is 10.3 Å². The summed E-state index contributed by atoms with van der Waals surface area (Å²) in [6, 6.07) is 0.270. The van der Waals surface area contributed by atoms with Crippen LogP contribution in [0.1, 0.15) is 19.2 Å². The van der Waals surface area contributed by atoms with E-state index in [0.29, 0.717) is 11.8 Å². The van der Waals surface area contributed by atoms with Crippen molar-refractivity contribution in [2.75, 3.05) is 13.1 Å². The number of piperidine rings is 1. The largest absolute Gasteiger partial charge is 0.338 e. The van der Waals surface area contributed by atoms with E-state index in [2.05, 4.69) is 22.0 Å². The fraction of sp³-hybridized carbons (Fsp3) is 0.778. The zero-order chi connectivity index (χ0) is 9.97. The van der Waals surface area contributed by atoms with Crippen molar-refractivity contribution in [2.24, 2.45) is 11.7 Å². The first-order valence-electron chi connectivity index (χ1n) is 4.99. The Kier molecular flexibility index (Phi) is 2.79. The summed E-state index contributed by atoms with van der Waals surface area (Å²) >= 11 is 0. The van der Waals surface area contributed by atoms with Crippen molar-refractivity contribution < 1.29 is 4.52 Å². The summed E-state index contributed by atoms with van der Waals surface area (Å²) in [5, 5.41) is 3.58. The van der Waals surface area contributed by atoms with E-state index in [0.717, 1.165) is 26.1 Å². The minimum atomic E-state index is 0.270. The van der Waals surface area contributed by atoms with E-state index in [-0.39, 0.29) is 6.04 Å². The van der Waals surface area contributed by atoms with Crippen LogP contribution in [0, 0.1) is 5.92 Å². The molecule has 5 nitrogen and oxygen atoms in total. The predicted octanol–water partition coefficient (Wildman–Crippen LogP) is 0.239. The second-order valence-electron chi connectivity index (χ2n) is 4.00. The Hall–Kier alpha value is -0.940. The first-order chi connectivity index (χ1) is 6.75. The van der Waals surface area contributed by atoms with Gasteiger partial charge in [-0.15, -0.1) is 0 Å². The Labute approximate surface area is 83.3 Å². The number of nitrogens with zero attached hydrogens (tertiary/aromatic N) is 3. The van der Waals surface area contributed by atoms with E-state index in [1.165, 1.54) is 6.33 Å². The van der Waals surface area contributed by atoms with Crippen molar-refractivity contribution in [2.45, 2.75) is 25.9 Å². The molecule has 2 heterocycles. The van der Waals surface area contributed by atoms with Gasteiger partial charge in [0.15, 0.2) is 6.33 Å². The van der Waals surface area contributed by atoms with Crippen molar-refractivity contribution in [3.8, 4) is 0 Å². The van der Waals surface area contributed by atoms with Gasteiger partial charge < -0.3 is 10.3 Å². The molecule has 2 unspecified atom stereocenters. The standard InChI is InChI=1S/C9H16N4O/c1-7-2-3-13(4-8(7)10)5-9-11-6-12-14-9/h6-8H,2-5,10H2,1H3. The lowest BCUT2D eigenvalue weighted by atomic mass is 9.94. The molecule has 78 valence electrons. The van der Waals surface area contributed by atoms with E-state index < -0.39 is 0 Å². The fourth-order valence-electron chi connectivity index (χ4n) is 1.77. The minimum Gasteiger partial charge on any atom is -0.338 e. The monoisotopic (exact) mass is 196 g/mol. The maximum atomic E-state index is 5.99. The van der Waals surface area contributed by atoms with Crippen LogP contribution < -0.4 is 5.73 Å². The van der Waals surface area contributed by atoms with Gasteiger partial charge in [-0.2, -0.15) is 4.98 Å². The lowest BCUT2D eigenvalue weighted by molar-refractivity contribution is 0.146. The van der Waals surface area contributed by atoms with Crippen molar-refractivity contribution in [1.82, 2.24) is 15.0 Å². The molecule has 14 heavy (non-hydrogen) atoms. The summed E-state index contributed by atoms with van der Waals surface area (Å²) in [6.45, 7) is 4.91. The Balaban J connectivity index is 1.88. The summed E-state index contributed by atoms with van der Waals surface area (Å²) < 4.78 is 4.95. The molecule has 0 radical (unpaired) electrons. The molecule has 0 aliphatic carbocycles. The molecule has 1 aliphatic rings. The SMILES string of the molecule is CC1CCN(Cc2ncno2)CC1N. The fourth-order valence-corrected chi connectivity index (χ4v) is 1.77. The molecule has 0 bridgehead atoms. The van der Waals surface area contributed by atoms with Crippen LogP contribution in [-0.4, -0.2) is 34.2 Å². The lowest BCUT2D eigenvalue weighted by Crippen LogP contribution is -2.47. The maximum absolute atomic E-state index is 5.99. The zero-order valence-electron chi connectivity index (χ0n) is 8.39. The minimum absolute atomic E-state index is 0.270. The average Bonchev–Trinajstić information content (AvgIpc) is 2.64. The van der Waals surface area contributed by atoms with Crippen LogP contribution >= 0.6 is 0 Å². The third kappa shape index (κ3) is 2.10. The lowest BCUT2D eigenvalue weighted by Gasteiger charge is -2.34. The Bertz CT molecular complexity index is 274. The summed E-state index contributed by atoms with van der Waals surface area (Å²) in [5.74, 6) is 1.29. The highest BCUT2D eigenvalue weighted by molar-refractivity contribution is 4.83. The van der Waals surface area contributed by atoms with Gasteiger partial charge in [-0.05, 0) is 18.9 Å². The third-order valence-corrected chi connectivity index (χ3v) is 2.87. The smallest absolute Gasteiger partial charge is 0.240 e. The van der Waals surface area contributed by atoms with E-state index in [1.54, 1.807) is 0 Å². The van der Waals surface area contributed by atoms with Gasteiger partial charge in [-0.3, -0.25) is 4.90 Å². The summed E-state index contributed by atoms with van der Waals surface area (Å²) in [6.07, 6.45) is 2.58. The van der Waals surface area contributed by atoms with Gasteiger partial charge in [0.05, 0.1) is 6.54 Å². The molecule has 0 spiro atoms. The van der Waals surface area contributed by atoms with Crippen LogP contribution in [0.25, 0.3) is 0 Å². The molecule has 1 aliphatic heterocycles. The normalized spacial score (nSPS) is 29.3. The van der Waals surface area contributed by atoms with Crippen molar-refractivity contribution in [1.29, 1.82) is 0 Å². The molecule has 1 aromatic heterocycles. The molecule has 0 saturated carbocycles. The molecule has 2 rings (SSSR count). The number of rotatable bonds is 2. The second-order valence-corrected chi connectivity index (χ2v) is 4.00. The van der Waals surface area contributed by atoms with Crippen LogP contribution in [0.4, 0.5) is 0 Å². The number of likely N-dealkylation sites (tertiary alicyclic amines) is 1. The van der Waals surface area contributed by atoms with E-state index in [1.807, 2.05) is 0 Å². The molecular weight excluding hydrogens is 180 g/mol. The highest BCUT2D eigenvalue weighted by Crippen LogP contribution is 2.16. The maximum Gasteiger partial charge on any atom is 0.240 e. The van der Waals surface area contributed by atoms with Crippen molar-refractivity contribution >= 4 is 0 Å². The van der Waals surface area contributed by atoms with Gasteiger partial charge in [0, 0.05) is 12.6 Å². The number of nitrogens with two attached hydrogens (primary N) is 1. The second kappa shape index (κ2) is 4.06. The van der Waals surface area contributed by atoms with Crippen LogP contribution in [-0.2, 0) is 6.54 Å². The van der Waals surface area contributed by atoms with Gasteiger partial charge in [0.2, 0.25) is 5.89 Å². The van der Waals surface area contributed by atoms with Crippen molar-refractivity contribution in [3.05, 3.63) is 12.2 Å². The van der Waals surface area contributed by atoms with Crippen LogP contribution in [0.15, 0.2) is 10.9 Å². The first kappa shape index (κ1) is 9.61. The molecule has 1 saturated heterocycles. The first-order valence-corrected chi connectivity index (χ1v) is 4.99. The number of hydrogen-bond donors (Lipinski definition) is 1. The predicted molar refractivity (Wildman–Crippen MR) is 51.3 cm³/mol. The molecule has 0 aromatic carbocycles. The van der Waals surface area contributed by atoms with Gasteiger partial charge >= 0.3 is 0 Å². The quantitative estimate of drug-likeness (QED) is 0.733. The van der Waals surface area contributed by atoms with E-state index >= 15 is 0 Å². The summed E-state index contributed by atoms with van der Waals surface area (Å²) in [4.78, 5) is 6.26. The zero-order valence-corrected chi connectivity index (χ0v) is 8.39. The summed E-state index contributed by atoms with van der Waals surface area (Å²) in [5.41, 5.74) is 5.99. The van der Waals surface area contributed by atoms with Gasteiger partial charge in [-0.25, -0.2) is 0 Å². The third-order valence-electron chi connectivity index (χ3n) is 2.87. The molecule has 1 fully saturated rings. The Morgan fingerprint density at radius 2 is 2.57 bits per heavy atom. The Morgan fingerprint density at radius 3 is 3.21 bits per heavy atom. The Morgan fingerprint density at radius 1 is 1.71 bits per heavy atom. The number of hydrogen-bond acceptors (Lipinski definition) is 5. The number of aromatic nitrogens is 2. The van der Waals surface area contributed by atoms with Gasteiger partial charge in [-0.1, -0.05) is 12.1 Å².